The maximum atomic E-state index is 13.0. The van der Waals surface area contributed by atoms with Crippen molar-refractivity contribution in [3.8, 4) is 0 Å². The van der Waals surface area contributed by atoms with E-state index in [1.165, 1.54) is 0 Å². The zero-order chi connectivity index (χ0) is 22.0. The standard InChI is InChI=1S/C23H26ClN3O3S/c1-26-21-10-9-20(31(29,30)27-13-3-2-4-14-27)15-18(21)16-22(26)23(28)25-12-11-17-5-7-19(24)8-6-17/h5-10,15-16H,2-4,11-14H2,1H3,(H,25,28). The van der Waals surface area contributed by atoms with Gasteiger partial charge in [-0.25, -0.2) is 8.42 Å². The van der Waals surface area contributed by atoms with Gasteiger partial charge >= 0.3 is 0 Å². The van der Waals surface area contributed by atoms with Gasteiger partial charge in [-0.15, -0.1) is 0 Å². The van der Waals surface area contributed by atoms with Crippen molar-refractivity contribution in [2.75, 3.05) is 19.6 Å². The van der Waals surface area contributed by atoms with Gasteiger partial charge in [-0.05, 0) is 61.2 Å². The Morgan fingerprint density at radius 3 is 2.45 bits per heavy atom. The second kappa shape index (κ2) is 9.02. The lowest BCUT2D eigenvalue weighted by atomic mass is 10.1. The molecule has 2 aromatic carbocycles. The molecule has 1 aromatic heterocycles. The third-order valence-corrected chi connectivity index (χ3v) is 7.96. The topological polar surface area (TPSA) is 71.4 Å². The number of rotatable bonds is 6. The highest BCUT2D eigenvalue weighted by molar-refractivity contribution is 7.89. The molecule has 31 heavy (non-hydrogen) atoms. The highest BCUT2D eigenvalue weighted by Gasteiger charge is 2.26. The molecule has 1 amide bonds. The smallest absolute Gasteiger partial charge is 0.267 e. The number of carbonyl (C=O) groups excluding carboxylic acids is 1. The molecular formula is C23H26ClN3O3S. The average molecular weight is 460 g/mol. The van der Waals surface area contributed by atoms with Crippen LogP contribution in [0.4, 0.5) is 0 Å². The maximum absolute atomic E-state index is 13.0. The summed E-state index contributed by atoms with van der Waals surface area (Å²) >= 11 is 5.90. The molecule has 0 spiro atoms. The molecule has 0 unspecified atom stereocenters. The Kier molecular flexibility index (Phi) is 6.36. The summed E-state index contributed by atoms with van der Waals surface area (Å²) in [4.78, 5) is 13.0. The number of aryl methyl sites for hydroxylation is 1. The van der Waals surface area contributed by atoms with Crippen molar-refractivity contribution < 1.29 is 13.2 Å². The molecule has 0 bridgehead atoms. The molecular weight excluding hydrogens is 434 g/mol. The Balaban J connectivity index is 1.50. The highest BCUT2D eigenvalue weighted by Crippen LogP contribution is 2.26. The van der Waals surface area contributed by atoms with Crippen LogP contribution in [0.25, 0.3) is 10.9 Å². The van der Waals surface area contributed by atoms with Gasteiger partial charge in [-0.3, -0.25) is 4.79 Å². The monoisotopic (exact) mass is 459 g/mol. The number of piperidine rings is 1. The first-order valence-electron chi connectivity index (χ1n) is 10.5. The van der Waals surface area contributed by atoms with E-state index in [9.17, 15) is 13.2 Å². The first kappa shape index (κ1) is 21.9. The summed E-state index contributed by atoms with van der Waals surface area (Å²) in [5, 5.41) is 4.37. The molecule has 1 saturated heterocycles. The van der Waals surface area contributed by atoms with Crippen LogP contribution in [-0.4, -0.2) is 42.8 Å². The molecule has 1 aliphatic rings. The van der Waals surface area contributed by atoms with E-state index in [1.807, 2.05) is 31.3 Å². The average Bonchev–Trinajstić information content (AvgIpc) is 3.11. The number of hydrogen-bond donors (Lipinski definition) is 1. The third kappa shape index (κ3) is 4.63. The van der Waals surface area contributed by atoms with Crippen LogP contribution in [0.3, 0.4) is 0 Å². The van der Waals surface area contributed by atoms with Crippen molar-refractivity contribution in [1.82, 2.24) is 14.2 Å². The summed E-state index contributed by atoms with van der Waals surface area (Å²) in [6.07, 6.45) is 3.56. The molecule has 0 radical (unpaired) electrons. The minimum Gasteiger partial charge on any atom is -0.350 e. The predicted octanol–water partition coefficient (Wildman–Crippen LogP) is 3.98. The first-order chi connectivity index (χ1) is 14.9. The number of halogens is 1. The molecule has 3 aromatic rings. The molecule has 4 rings (SSSR count). The summed E-state index contributed by atoms with van der Waals surface area (Å²) < 4.78 is 29.3. The molecule has 1 fully saturated rings. The third-order valence-electron chi connectivity index (χ3n) is 5.81. The number of fused-ring (bicyclic) bond motifs is 1. The number of aromatic nitrogens is 1. The maximum Gasteiger partial charge on any atom is 0.267 e. The van der Waals surface area contributed by atoms with E-state index in [4.69, 9.17) is 11.6 Å². The number of carbonyl (C=O) groups is 1. The summed E-state index contributed by atoms with van der Waals surface area (Å²) in [6.45, 7) is 1.63. The molecule has 0 atom stereocenters. The van der Waals surface area contributed by atoms with Gasteiger partial charge in [0.05, 0.1) is 4.90 Å². The fourth-order valence-corrected chi connectivity index (χ4v) is 5.70. The van der Waals surface area contributed by atoms with E-state index in [0.29, 0.717) is 36.8 Å². The lowest BCUT2D eigenvalue weighted by Gasteiger charge is -2.25. The zero-order valence-electron chi connectivity index (χ0n) is 17.5. The molecule has 0 saturated carbocycles. The number of amides is 1. The van der Waals surface area contributed by atoms with Crippen molar-refractivity contribution in [3.05, 3.63) is 64.8 Å². The summed E-state index contributed by atoms with van der Waals surface area (Å²) in [7, 11) is -1.70. The van der Waals surface area contributed by atoms with Crippen LogP contribution in [0.15, 0.2) is 53.4 Å². The number of nitrogens with one attached hydrogen (secondary N) is 1. The minimum absolute atomic E-state index is 0.187. The zero-order valence-corrected chi connectivity index (χ0v) is 19.0. The largest absolute Gasteiger partial charge is 0.350 e. The molecule has 1 N–H and O–H groups in total. The van der Waals surface area contributed by atoms with E-state index in [-0.39, 0.29) is 10.8 Å². The van der Waals surface area contributed by atoms with Gasteiger partial charge in [0.1, 0.15) is 5.69 Å². The molecule has 8 heteroatoms. The normalized spacial score (nSPS) is 15.3. The van der Waals surface area contributed by atoms with Crippen LogP contribution >= 0.6 is 11.6 Å². The Morgan fingerprint density at radius 1 is 1.03 bits per heavy atom. The molecule has 2 heterocycles. The molecule has 0 aliphatic carbocycles. The Bertz CT molecular complexity index is 1200. The fraction of sp³-hybridized carbons (Fsp3) is 0.348. The van der Waals surface area contributed by atoms with Gasteiger partial charge in [0.25, 0.3) is 5.91 Å². The van der Waals surface area contributed by atoms with Crippen LogP contribution in [0, 0.1) is 0 Å². The van der Waals surface area contributed by atoms with Gasteiger partial charge in [0.15, 0.2) is 0 Å². The van der Waals surface area contributed by atoms with Gasteiger partial charge in [-0.2, -0.15) is 4.31 Å². The SMILES string of the molecule is Cn1c(C(=O)NCCc2ccc(Cl)cc2)cc2cc(S(=O)(=O)N3CCCCC3)ccc21. The van der Waals surface area contributed by atoms with Crippen LogP contribution in [0.1, 0.15) is 35.3 Å². The fourth-order valence-electron chi connectivity index (χ4n) is 4.02. The van der Waals surface area contributed by atoms with Crippen molar-refractivity contribution >= 4 is 38.4 Å². The van der Waals surface area contributed by atoms with Crippen LogP contribution in [-0.2, 0) is 23.5 Å². The van der Waals surface area contributed by atoms with E-state index in [1.54, 1.807) is 33.1 Å². The van der Waals surface area contributed by atoms with E-state index in [2.05, 4.69) is 5.32 Å². The Hall–Kier alpha value is -2.35. The summed E-state index contributed by atoms with van der Waals surface area (Å²) in [5.74, 6) is -0.187. The molecule has 164 valence electrons. The lowest BCUT2D eigenvalue weighted by Crippen LogP contribution is -2.35. The number of benzene rings is 2. The van der Waals surface area contributed by atoms with Crippen LogP contribution in [0.5, 0.6) is 0 Å². The van der Waals surface area contributed by atoms with Gasteiger partial charge < -0.3 is 9.88 Å². The van der Waals surface area contributed by atoms with Crippen molar-refractivity contribution in [2.45, 2.75) is 30.6 Å². The summed E-state index contributed by atoms with van der Waals surface area (Å²) in [6, 6.07) is 14.4. The molecule has 1 aliphatic heterocycles. The molecule has 6 nitrogen and oxygen atoms in total. The second-order valence-corrected chi connectivity index (χ2v) is 10.3. The lowest BCUT2D eigenvalue weighted by molar-refractivity contribution is 0.0946. The number of nitrogens with zero attached hydrogens (tertiary/aromatic N) is 2. The van der Waals surface area contributed by atoms with Crippen molar-refractivity contribution in [1.29, 1.82) is 0 Å². The predicted molar refractivity (Wildman–Crippen MR) is 123 cm³/mol. The van der Waals surface area contributed by atoms with Crippen molar-refractivity contribution in [3.63, 3.8) is 0 Å². The van der Waals surface area contributed by atoms with Gasteiger partial charge in [0, 0.05) is 42.6 Å². The number of hydrogen-bond acceptors (Lipinski definition) is 3. The van der Waals surface area contributed by atoms with E-state index >= 15 is 0 Å². The van der Waals surface area contributed by atoms with Crippen LogP contribution in [0.2, 0.25) is 5.02 Å². The quantitative estimate of drug-likeness (QED) is 0.606. The summed E-state index contributed by atoms with van der Waals surface area (Å²) in [5.41, 5.74) is 2.41. The highest BCUT2D eigenvalue weighted by atomic mass is 35.5. The van der Waals surface area contributed by atoms with Crippen LogP contribution < -0.4 is 5.32 Å². The van der Waals surface area contributed by atoms with E-state index < -0.39 is 10.0 Å². The second-order valence-electron chi connectivity index (χ2n) is 7.91. The Morgan fingerprint density at radius 2 is 1.74 bits per heavy atom. The Labute approximate surface area is 187 Å². The minimum atomic E-state index is -3.51. The van der Waals surface area contributed by atoms with Crippen molar-refractivity contribution in [2.24, 2.45) is 7.05 Å². The van der Waals surface area contributed by atoms with Gasteiger partial charge in [0.2, 0.25) is 10.0 Å². The number of sulfonamides is 1. The van der Waals surface area contributed by atoms with E-state index in [0.717, 1.165) is 35.7 Å². The first-order valence-corrected chi connectivity index (χ1v) is 12.3. The van der Waals surface area contributed by atoms with Gasteiger partial charge in [-0.1, -0.05) is 30.2 Å².